The number of carbonyl (C=O) groups excluding carboxylic acids is 1. The molecule has 1 aromatic rings. The van der Waals surface area contributed by atoms with Gasteiger partial charge in [-0.2, -0.15) is 0 Å². The molecule has 2 aliphatic heterocycles. The third kappa shape index (κ3) is 4.46. The number of piperidine rings is 1. The molecular weight excluding hydrogens is 364 g/mol. The summed E-state index contributed by atoms with van der Waals surface area (Å²) in [6.45, 7) is 3.01. The van der Waals surface area contributed by atoms with Crippen molar-refractivity contribution in [2.45, 2.75) is 44.2 Å². The maximum atomic E-state index is 12.5. The van der Waals surface area contributed by atoms with Crippen LogP contribution in [0.5, 0.6) is 5.75 Å². The number of hydrogen-bond donors (Lipinski definition) is 0. The molecule has 0 radical (unpaired) electrons. The van der Waals surface area contributed by atoms with Gasteiger partial charge in [-0.25, -0.2) is 8.42 Å². The molecule has 3 aliphatic rings. The fourth-order valence-electron chi connectivity index (χ4n) is 4.18. The van der Waals surface area contributed by atoms with Gasteiger partial charge in [-0.1, -0.05) is 6.42 Å². The van der Waals surface area contributed by atoms with Crippen LogP contribution in [0.4, 0.5) is 0 Å². The molecule has 1 aliphatic carbocycles. The van der Waals surface area contributed by atoms with Gasteiger partial charge in [0.2, 0.25) is 0 Å². The zero-order valence-electron chi connectivity index (χ0n) is 15.7. The fourth-order valence-corrected chi connectivity index (χ4v) is 5.38. The highest BCUT2D eigenvalue weighted by Crippen LogP contribution is 2.31. The number of benzene rings is 1. The summed E-state index contributed by atoms with van der Waals surface area (Å²) in [4.78, 5) is 16.7. The number of nitrogens with zero attached hydrogens (tertiary/aromatic N) is 2. The summed E-state index contributed by atoms with van der Waals surface area (Å²) in [5.41, 5.74) is 0.585. The summed E-state index contributed by atoms with van der Waals surface area (Å²) in [6, 6.07) is 7.93. The maximum Gasteiger partial charge on any atom is 0.253 e. The number of amides is 1. The molecule has 148 valence electrons. The number of sulfone groups is 1. The van der Waals surface area contributed by atoms with Gasteiger partial charge in [0.25, 0.3) is 5.91 Å². The molecule has 1 saturated carbocycles. The first-order chi connectivity index (χ1) is 13.0. The lowest BCUT2D eigenvalue weighted by atomic mass is 9.86. The van der Waals surface area contributed by atoms with Crippen LogP contribution in [-0.4, -0.2) is 74.0 Å². The lowest BCUT2D eigenvalue weighted by molar-refractivity contribution is 0.00892. The summed E-state index contributed by atoms with van der Waals surface area (Å²) in [6.07, 6.45) is 6.44. The molecule has 0 aromatic heterocycles. The van der Waals surface area contributed by atoms with Crippen LogP contribution in [0.15, 0.2) is 24.3 Å². The van der Waals surface area contributed by atoms with E-state index in [9.17, 15) is 13.2 Å². The largest absolute Gasteiger partial charge is 0.490 e. The van der Waals surface area contributed by atoms with Gasteiger partial charge in [0.05, 0.1) is 11.5 Å². The van der Waals surface area contributed by atoms with E-state index in [1.54, 1.807) is 17.0 Å². The van der Waals surface area contributed by atoms with Crippen molar-refractivity contribution in [3.63, 3.8) is 0 Å². The topological polar surface area (TPSA) is 66.9 Å². The van der Waals surface area contributed by atoms with Crippen LogP contribution < -0.4 is 4.74 Å². The molecule has 27 heavy (non-hydrogen) atoms. The van der Waals surface area contributed by atoms with E-state index in [2.05, 4.69) is 4.90 Å². The average molecular weight is 393 g/mol. The van der Waals surface area contributed by atoms with Crippen LogP contribution in [-0.2, 0) is 9.84 Å². The Hall–Kier alpha value is -1.60. The lowest BCUT2D eigenvalue weighted by Crippen LogP contribution is -2.50. The van der Waals surface area contributed by atoms with Crippen LogP contribution in [0.3, 0.4) is 0 Å². The molecule has 0 bridgehead atoms. The number of carbonyl (C=O) groups is 1. The van der Waals surface area contributed by atoms with E-state index in [0.29, 0.717) is 11.6 Å². The van der Waals surface area contributed by atoms with Crippen LogP contribution in [0.2, 0.25) is 0 Å². The Morgan fingerprint density at radius 3 is 2.19 bits per heavy atom. The molecule has 0 spiro atoms. The van der Waals surface area contributed by atoms with E-state index < -0.39 is 9.84 Å². The SMILES string of the molecule is O=C(c1ccc(O[C@H]2C[C@H](N3CCCCC3)C2)cc1)N1CCS(=O)(=O)CC1. The summed E-state index contributed by atoms with van der Waals surface area (Å²) < 4.78 is 29.1. The minimum absolute atomic E-state index is 0.0554. The molecule has 6 nitrogen and oxygen atoms in total. The molecule has 0 atom stereocenters. The van der Waals surface area contributed by atoms with Gasteiger partial charge in [-0.15, -0.1) is 0 Å². The highest BCUT2D eigenvalue weighted by Gasteiger charge is 2.35. The first-order valence-electron chi connectivity index (χ1n) is 10.0. The van der Waals surface area contributed by atoms with Gasteiger partial charge in [0, 0.05) is 37.5 Å². The van der Waals surface area contributed by atoms with Crippen molar-refractivity contribution in [1.82, 2.24) is 9.80 Å². The smallest absolute Gasteiger partial charge is 0.253 e. The Bertz CT molecular complexity index is 752. The number of likely N-dealkylation sites (tertiary alicyclic amines) is 1. The van der Waals surface area contributed by atoms with Crippen LogP contribution in [0.1, 0.15) is 42.5 Å². The normalized spacial score (nSPS) is 28.4. The lowest BCUT2D eigenvalue weighted by Gasteiger charge is -2.44. The standard InChI is InChI=1S/C20H28N2O4S/c23-20(22-10-12-27(24,25)13-11-22)16-4-6-18(7-5-16)26-19-14-17(15-19)21-8-2-1-3-9-21/h4-7,17,19H,1-3,8-15H2/t17-,19-. The molecule has 3 fully saturated rings. The molecule has 7 heteroatoms. The molecule has 2 heterocycles. The van der Waals surface area contributed by atoms with Gasteiger partial charge in [0.15, 0.2) is 9.84 Å². The van der Waals surface area contributed by atoms with Gasteiger partial charge in [-0.3, -0.25) is 4.79 Å². The van der Waals surface area contributed by atoms with Crippen molar-refractivity contribution in [3.05, 3.63) is 29.8 Å². The predicted molar refractivity (Wildman–Crippen MR) is 104 cm³/mol. The third-order valence-electron chi connectivity index (χ3n) is 6.01. The summed E-state index contributed by atoms with van der Waals surface area (Å²) in [7, 11) is -2.98. The van der Waals surface area contributed by atoms with Crippen LogP contribution in [0, 0.1) is 0 Å². The molecular formula is C20H28N2O4S. The fraction of sp³-hybridized carbons (Fsp3) is 0.650. The molecule has 0 unspecified atom stereocenters. The van der Waals surface area contributed by atoms with Crippen molar-refractivity contribution in [2.24, 2.45) is 0 Å². The van der Waals surface area contributed by atoms with Gasteiger partial charge in [-0.05, 0) is 50.2 Å². The molecule has 4 rings (SSSR count). The summed E-state index contributed by atoms with van der Waals surface area (Å²) in [5, 5.41) is 0. The quantitative estimate of drug-likeness (QED) is 0.784. The maximum absolute atomic E-state index is 12.5. The molecule has 2 saturated heterocycles. The van der Waals surface area contributed by atoms with E-state index in [-0.39, 0.29) is 36.6 Å². The Balaban J connectivity index is 1.26. The third-order valence-corrected chi connectivity index (χ3v) is 7.62. The Labute approximate surface area is 161 Å². The van der Waals surface area contributed by atoms with E-state index in [4.69, 9.17) is 4.74 Å². The second kappa shape index (κ2) is 7.80. The first kappa shape index (κ1) is 18.7. The van der Waals surface area contributed by atoms with Gasteiger partial charge >= 0.3 is 0 Å². The van der Waals surface area contributed by atoms with E-state index >= 15 is 0 Å². The van der Waals surface area contributed by atoms with Crippen molar-refractivity contribution in [1.29, 1.82) is 0 Å². The van der Waals surface area contributed by atoms with Crippen molar-refractivity contribution >= 4 is 15.7 Å². The Kier molecular flexibility index (Phi) is 5.41. The molecule has 0 N–H and O–H groups in total. The highest BCUT2D eigenvalue weighted by atomic mass is 32.2. The second-order valence-corrected chi connectivity index (χ2v) is 10.2. The minimum Gasteiger partial charge on any atom is -0.490 e. The number of rotatable bonds is 4. The van der Waals surface area contributed by atoms with Crippen LogP contribution in [0.25, 0.3) is 0 Å². The number of hydrogen-bond acceptors (Lipinski definition) is 5. The summed E-state index contributed by atoms with van der Waals surface area (Å²) in [5.74, 6) is 0.805. The van der Waals surface area contributed by atoms with Crippen molar-refractivity contribution in [2.75, 3.05) is 37.7 Å². The monoisotopic (exact) mass is 392 g/mol. The average Bonchev–Trinajstić information content (AvgIpc) is 2.65. The Morgan fingerprint density at radius 2 is 1.56 bits per heavy atom. The highest BCUT2D eigenvalue weighted by molar-refractivity contribution is 7.91. The summed E-state index contributed by atoms with van der Waals surface area (Å²) >= 11 is 0. The van der Waals surface area contributed by atoms with Crippen LogP contribution >= 0.6 is 0 Å². The zero-order valence-corrected chi connectivity index (χ0v) is 16.5. The molecule has 1 amide bonds. The van der Waals surface area contributed by atoms with E-state index in [1.165, 1.54) is 32.4 Å². The van der Waals surface area contributed by atoms with Crippen molar-refractivity contribution < 1.29 is 17.9 Å². The van der Waals surface area contributed by atoms with E-state index in [1.807, 2.05) is 12.1 Å². The molecule has 1 aromatic carbocycles. The second-order valence-electron chi connectivity index (χ2n) is 7.93. The van der Waals surface area contributed by atoms with Gasteiger partial charge in [0.1, 0.15) is 11.9 Å². The minimum atomic E-state index is -2.98. The Morgan fingerprint density at radius 1 is 0.926 bits per heavy atom. The number of ether oxygens (including phenoxy) is 1. The van der Waals surface area contributed by atoms with E-state index in [0.717, 1.165) is 18.6 Å². The van der Waals surface area contributed by atoms with Crippen molar-refractivity contribution in [3.8, 4) is 5.75 Å². The predicted octanol–water partition coefficient (Wildman–Crippen LogP) is 1.95. The van der Waals surface area contributed by atoms with Gasteiger partial charge < -0.3 is 14.5 Å². The first-order valence-corrected chi connectivity index (χ1v) is 11.8. The zero-order chi connectivity index (χ0) is 18.9.